The standard InChI is InChI=1S/C13H15BrN2O2/c14-10-2-1-9-3-5-16(12(9)7-10)13(17)11-8-18-6-4-15-11/h1-2,7,11,15H,3-6,8H2. The monoisotopic (exact) mass is 310 g/mol. The number of hydrogen-bond donors (Lipinski definition) is 1. The summed E-state index contributed by atoms with van der Waals surface area (Å²) in [5.74, 6) is 0.117. The summed E-state index contributed by atoms with van der Waals surface area (Å²) in [5.41, 5.74) is 2.27. The highest BCUT2D eigenvalue weighted by Crippen LogP contribution is 2.31. The van der Waals surface area contributed by atoms with Gasteiger partial charge in [0.2, 0.25) is 5.91 Å². The fourth-order valence-electron chi connectivity index (χ4n) is 2.49. The summed E-state index contributed by atoms with van der Waals surface area (Å²) in [4.78, 5) is 14.3. The molecule has 0 saturated carbocycles. The van der Waals surface area contributed by atoms with E-state index in [4.69, 9.17) is 4.74 Å². The van der Waals surface area contributed by atoms with Crippen molar-refractivity contribution >= 4 is 27.5 Å². The van der Waals surface area contributed by atoms with Gasteiger partial charge in [0.05, 0.1) is 13.2 Å². The van der Waals surface area contributed by atoms with Crippen LogP contribution in [-0.4, -0.2) is 38.3 Å². The van der Waals surface area contributed by atoms with Gasteiger partial charge in [-0.15, -0.1) is 0 Å². The molecule has 1 amide bonds. The molecule has 2 aliphatic rings. The third-order valence-electron chi connectivity index (χ3n) is 3.43. The number of carbonyl (C=O) groups is 1. The molecular weight excluding hydrogens is 296 g/mol. The number of hydrogen-bond acceptors (Lipinski definition) is 3. The van der Waals surface area contributed by atoms with Crippen molar-refractivity contribution in [2.45, 2.75) is 12.5 Å². The maximum atomic E-state index is 12.4. The van der Waals surface area contributed by atoms with Crippen LogP contribution in [0.5, 0.6) is 0 Å². The predicted octanol–water partition coefficient (Wildman–Crippen LogP) is 1.33. The number of benzene rings is 1. The predicted molar refractivity (Wildman–Crippen MR) is 72.8 cm³/mol. The molecule has 1 saturated heterocycles. The number of halogens is 1. The maximum Gasteiger partial charge on any atom is 0.246 e. The van der Waals surface area contributed by atoms with Crippen LogP contribution in [0.4, 0.5) is 5.69 Å². The van der Waals surface area contributed by atoms with Gasteiger partial charge < -0.3 is 15.0 Å². The van der Waals surface area contributed by atoms with Gasteiger partial charge in [-0.05, 0) is 24.1 Å². The van der Waals surface area contributed by atoms with E-state index in [-0.39, 0.29) is 11.9 Å². The Labute approximate surface area is 114 Å². The van der Waals surface area contributed by atoms with Crippen molar-refractivity contribution in [2.75, 3.05) is 31.2 Å². The average molecular weight is 311 g/mol. The van der Waals surface area contributed by atoms with E-state index in [1.165, 1.54) is 5.56 Å². The zero-order valence-corrected chi connectivity index (χ0v) is 11.6. The van der Waals surface area contributed by atoms with Crippen molar-refractivity contribution < 1.29 is 9.53 Å². The Morgan fingerprint density at radius 3 is 3.17 bits per heavy atom. The number of nitrogens with zero attached hydrogens (tertiary/aromatic N) is 1. The lowest BCUT2D eigenvalue weighted by Crippen LogP contribution is -2.52. The number of rotatable bonds is 1. The van der Waals surface area contributed by atoms with E-state index in [9.17, 15) is 4.79 Å². The molecule has 1 unspecified atom stereocenters. The van der Waals surface area contributed by atoms with E-state index in [1.807, 2.05) is 17.0 Å². The number of amides is 1. The summed E-state index contributed by atoms with van der Waals surface area (Å²) in [6.45, 7) is 2.67. The molecular formula is C13H15BrN2O2. The molecule has 0 aliphatic carbocycles. The van der Waals surface area contributed by atoms with Gasteiger partial charge >= 0.3 is 0 Å². The minimum absolute atomic E-state index is 0.117. The summed E-state index contributed by atoms with van der Waals surface area (Å²) < 4.78 is 6.36. The van der Waals surface area contributed by atoms with Crippen molar-refractivity contribution in [1.82, 2.24) is 5.32 Å². The van der Waals surface area contributed by atoms with Crippen LogP contribution >= 0.6 is 15.9 Å². The van der Waals surface area contributed by atoms with Crippen molar-refractivity contribution in [1.29, 1.82) is 0 Å². The molecule has 2 aliphatic heterocycles. The minimum Gasteiger partial charge on any atom is -0.378 e. The molecule has 3 rings (SSSR count). The van der Waals surface area contributed by atoms with E-state index in [1.54, 1.807) is 0 Å². The van der Waals surface area contributed by atoms with E-state index in [2.05, 4.69) is 27.3 Å². The van der Waals surface area contributed by atoms with Crippen LogP contribution in [0.25, 0.3) is 0 Å². The smallest absolute Gasteiger partial charge is 0.246 e. The second kappa shape index (κ2) is 4.99. The highest BCUT2D eigenvalue weighted by molar-refractivity contribution is 9.10. The maximum absolute atomic E-state index is 12.4. The van der Waals surface area contributed by atoms with Crippen molar-refractivity contribution in [2.24, 2.45) is 0 Å². The SMILES string of the molecule is O=C(C1COCCN1)N1CCc2ccc(Br)cc21. The number of ether oxygens (including phenoxy) is 1. The number of nitrogens with one attached hydrogen (secondary N) is 1. The fourth-order valence-corrected chi connectivity index (χ4v) is 2.84. The number of carbonyl (C=O) groups excluding carboxylic acids is 1. The van der Waals surface area contributed by atoms with Crippen LogP contribution < -0.4 is 10.2 Å². The van der Waals surface area contributed by atoms with Gasteiger partial charge in [-0.3, -0.25) is 4.79 Å². The molecule has 4 nitrogen and oxygen atoms in total. The third kappa shape index (κ3) is 2.18. The van der Waals surface area contributed by atoms with Crippen LogP contribution in [0.3, 0.4) is 0 Å². The molecule has 0 bridgehead atoms. The lowest BCUT2D eigenvalue weighted by molar-refractivity contribution is -0.123. The Hall–Kier alpha value is -0.910. The number of fused-ring (bicyclic) bond motifs is 1. The van der Waals surface area contributed by atoms with Gasteiger partial charge in [-0.1, -0.05) is 22.0 Å². The summed E-state index contributed by atoms with van der Waals surface area (Å²) in [7, 11) is 0. The first-order chi connectivity index (χ1) is 8.75. The molecule has 18 heavy (non-hydrogen) atoms. The van der Waals surface area contributed by atoms with E-state index < -0.39 is 0 Å². The summed E-state index contributed by atoms with van der Waals surface area (Å²) in [5, 5.41) is 3.21. The Bertz CT molecular complexity index is 472. The Morgan fingerprint density at radius 2 is 2.39 bits per heavy atom. The molecule has 0 aromatic heterocycles. The zero-order valence-electron chi connectivity index (χ0n) is 9.99. The van der Waals surface area contributed by atoms with E-state index in [0.717, 1.165) is 29.7 Å². The van der Waals surface area contributed by atoms with Crippen molar-refractivity contribution in [3.63, 3.8) is 0 Å². The largest absolute Gasteiger partial charge is 0.378 e. The summed E-state index contributed by atoms with van der Waals surface area (Å²) in [6, 6.07) is 5.92. The molecule has 0 radical (unpaired) electrons. The molecule has 1 aromatic rings. The molecule has 2 heterocycles. The second-order valence-electron chi connectivity index (χ2n) is 4.59. The first kappa shape index (κ1) is 12.1. The quantitative estimate of drug-likeness (QED) is 0.851. The molecule has 1 aromatic carbocycles. The molecule has 96 valence electrons. The third-order valence-corrected chi connectivity index (χ3v) is 3.92. The van der Waals surface area contributed by atoms with Gasteiger partial charge in [0.1, 0.15) is 6.04 Å². The van der Waals surface area contributed by atoms with E-state index in [0.29, 0.717) is 13.2 Å². The van der Waals surface area contributed by atoms with Gasteiger partial charge in [-0.2, -0.15) is 0 Å². The van der Waals surface area contributed by atoms with Crippen LogP contribution in [0.1, 0.15) is 5.56 Å². The first-order valence-corrected chi connectivity index (χ1v) is 6.96. The number of anilines is 1. The minimum atomic E-state index is -0.205. The van der Waals surface area contributed by atoms with Crippen LogP contribution in [0, 0.1) is 0 Å². The summed E-state index contributed by atoms with van der Waals surface area (Å²) in [6.07, 6.45) is 0.932. The van der Waals surface area contributed by atoms with Crippen molar-refractivity contribution in [3.05, 3.63) is 28.2 Å². The lowest BCUT2D eigenvalue weighted by atomic mass is 10.2. The van der Waals surface area contributed by atoms with Gasteiger partial charge in [0.15, 0.2) is 0 Å². The van der Waals surface area contributed by atoms with Crippen LogP contribution in [0.15, 0.2) is 22.7 Å². The normalized spacial score (nSPS) is 22.9. The highest BCUT2D eigenvalue weighted by atomic mass is 79.9. The molecule has 1 N–H and O–H groups in total. The second-order valence-corrected chi connectivity index (χ2v) is 5.51. The van der Waals surface area contributed by atoms with Gasteiger partial charge in [0.25, 0.3) is 0 Å². The van der Waals surface area contributed by atoms with Gasteiger partial charge in [0, 0.05) is 23.2 Å². The van der Waals surface area contributed by atoms with Crippen molar-refractivity contribution in [3.8, 4) is 0 Å². The average Bonchev–Trinajstić information content (AvgIpc) is 2.82. The van der Waals surface area contributed by atoms with Crippen LogP contribution in [-0.2, 0) is 16.0 Å². The number of morpholine rings is 1. The summed E-state index contributed by atoms with van der Waals surface area (Å²) >= 11 is 3.46. The lowest BCUT2D eigenvalue weighted by Gasteiger charge is -2.27. The zero-order chi connectivity index (χ0) is 12.5. The fraction of sp³-hybridized carbons (Fsp3) is 0.462. The molecule has 0 spiro atoms. The topological polar surface area (TPSA) is 41.6 Å². The Morgan fingerprint density at radius 1 is 1.50 bits per heavy atom. The Kier molecular flexibility index (Phi) is 3.37. The van der Waals surface area contributed by atoms with Gasteiger partial charge in [-0.25, -0.2) is 0 Å². The molecule has 1 fully saturated rings. The molecule has 1 atom stereocenters. The van der Waals surface area contributed by atoms with Crippen LogP contribution in [0.2, 0.25) is 0 Å². The molecule has 5 heteroatoms. The van der Waals surface area contributed by atoms with E-state index >= 15 is 0 Å². The Balaban J connectivity index is 1.82. The first-order valence-electron chi connectivity index (χ1n) is 6.16. The highest BCUT2D eigenvalue weighted by Gasteiger charge is 2.31.